The normalized spacial score (nSPS) is 12.3. The fourth-order valence-electron chi connectivity index (χ4n) is 2.21. The third-order valence-electron chi connectivity index (χ3n) is 3.44. The Morgan fingerprint density at radius 3 is 1.75 bits per heavy atom. The van der Waals surface area contributed by atoms with E-state index in [0.29, 0.717) is 11.5 Å². The zero-order valence-electron chi connectivity index (χ0n) is 17.0. The molecule has 0 bridgehead atoms. The zero-order chi connectivity index (χ0) is 21.1. The maximum absolute atomic E-state index is 5.56. The van der Waals surface area contributed by atoms with Gasteiger partial charge in [-0.1, -0.05) is 12.1 Å². The number of ether oxygens (including phenoxy) is 4. The van der Waals surface area contributed by atoms with Gasteiger partial charge in [-0.2, -0.15) is 0 Å². The summed E-state index contributed by atoms with van der Waals surface area (Å²) in [4.78, 5) is 0. The molecule has 0 spiro atoms. The molecule has 2 atom stereocenters. The standard InChI is InChI=1S/C11H18N2O2.C9H14N2O2/c1-7-4-5-10(14-8(2)12)6-11(7)15-9(3)13;1-7-2-3-8(12-5-10)4-9(7)13-6-11/h4-6,8-9H,12-13H2,1-3H3;2-4H,5-6,10-11H2,1H3. The fourth-order valence-corrected chi connectivity index (χ4v) is 2.21. The summed E-state index contributed by atoms with van der Waals surface area (Å²) in [6.45, 7) is 7.76. The lowest BCUT2D eigenvalue weighted by molar-refractivity contribution is 0.216. The van der Waals surface area contributed by atoms with Gasteiger partial charge in [0, 0.05) is 12.1 Å². The Morgan fingerprint density at radius 1 is 0.714 bits per heavy atom. The van der Waals surface area contributed by atoms with Crippen LogP contribution < -0.4 is 41.9 Å². The van der Waals surface area contributed by atoms with Crippen LogP contribution in [-0.4, -0.2) is 25.9 Å². The summed E-state index contributed by atoms with van der Waals surface area (Å²) >= 11 is 0. The van der Waals surface area contributed by atoms with Crippen molar-refractivity contribution in [3.8, 4) is 23.0 Å². The number of aryl methyl sites for hydroxylation is 2. The van der Waals surface area contributed by atoms with Gasteiger partial charge in [-0.05, 0) is 51.0 Å². The Kier molecular flexibility index (Phi) is 10.1. The van der Waals surface area contributed by atoms with Crippen molar-refractivity contribution in [2.45, 2.75) is 40.2 Å². The van der Waals surface area contributed by atoms with Crippen LogP contribution in [0.1, 0.15) is 25.0 Å². The third kappa shape index (κ3) is 8.45. The van der Waals surface area contributed by atoms with Crippen molar-refractivity contribution >= 4 is 0 Å². The highest BCUT2D eigenvalue weighted by atomic mass is 16.5. The molecular formula is C20H32N4O4. The molecule has 0 amide bonds. The number of hydrogen-bond acceptors (Lipinski definition) is 8. The number of benzene rings is 2. The van der Waals surface area contributed by atoms with E-state index in [1.807, 2.05) is 38.1 Å². The first-order chi connectivity index (χ1) is 13.3. The first-order valence-corrected chi connectivity index (χ1v) is 8.98. The Bertz CT molecular complexity index is 723. The number of rotatable bonds is 8. The molecule has 0 aromatic heterocycles. The van der Waals surface area contributed by atoms with Crippen LogP contribution in [0.4, 0.5) is 0 Å². The van der Waals surface area contributed by atoms with Crippen molar-refractivity contribution < 1.29 is 18.9 Å². The van der Waals surface area contributed by atoms with Gasteiger partial charge in [0.2, 0.25) is 0 Å². The van der Waals surface area contributed by atoms with E-state index in [0.717, 1.165) is 22.6 Å². The molecule has 2 aromatic carbocycles. The number of hydrogen-bond donors (Lipinski definition) is 4. The maximum atomic E-state index is 5.56. The summed E-state index contributed by atoms with van der Waals surface area (Å²) in [7, 11) is 0. The van der Waals surface area contributed by atoms with Crippen LogP contribution in [0.15, 0.2) is 36.4 Å². The second-order valence-corrected chi connectivity index (χ2v) is 6.12. The molecule has 0 heterocycles. The minimum atomic E-state index is -0.339. The highest BCUT2D eigenvalue weighted by molar-refractivity contribution is 5.40. The highest BCUT2D eigenvalue weighted by Crippen LogP contribution is 2.25. The summed E-state index contributed by atoms with van der Waals surface area (Å²) in [6.07, 6.45) is -0.676. The largest absolute Gasteiger partial charge is 0.478 e. The molecular weight excluding hydrogens is 360 g/mol. The van der Waals surface area contributed by atoms with Crippen molar-refractivity contribution in [2.24, 2.45) is 22.9 Å². The fraction of sp³-hybridized carbons (Fsp3) is 0.400. The average Bonchev–Trinajstić information content (AvgIpc) is 2.61. The molecule has 0 saturated heterocycles. The van der Waals surface area contributed by atoms with Crippen LogP contribution in [0.25, 0.3) is 0 Å². The van der Waals surface area contributed by atoms with Gasteiger partial charge >= 0.3 is 0 Å². The van der Waals surface area contributed by atoms with E-state index >= 15 is 0 Å². The Morgan fingerprint density at radius 2 is 1.21 bits per heavy atom. The van der Waals surface area contributed by atoms with Crippen molar-refractivity contribution in [3.05, 3.63) is 47.5 Å². The second-order valence-electron chi connectivity index (χ2n) is 6.12. The SMILES string of the molecule is Cc1ccc(OC(C)N)cc1OC(C)N.Cc1ccc(OCN)cc1OCN. The average molecular weight is 393 g/mol. The van der Waals surface area contributed by atoms with E-state index < -0.39 is 0 Å². The van der Waals surface area contributed by atoms with Crippen LogP contribution in [-0.2, 0) is 0 Å². The molecule has 8 heteroatoms. The third-order valence-corrected chi connectivity index (χ3v) is 3.44. The molecule has 2 rings (SSSR count). The van der Waals surface area contributed by atoms with E-state index in [1.54, 1.807) is 26.0 Å². The van der Waals surface area contributed by atoms with Gasteiger partial charge in [-0.25, -0.2) is 0 Å². The molecule has 0 fully saturated rings. The van der Waals surface area contributed by atoms with Gasteiger partial charge in [0.25, 0.3) is 0 Å². The lowest BCUT2D eigenvalue weighted by Crippen LogP contribution is -2.24. The molecule has 0 aliphatic heterocycles. The molecule has 2 unspecified atom stereocenters. The van der Waals surface area contributed by atoms with Crippen LogP contribution in [0.2, 0.25) is 0 Å². The first-order valence-electron chi connectivity index (χ1n) is 8.98. The molecule has 8 nitrogen and oxygen atoms in total. The number of nitrogens with two attached hydrogens (primary N) is 4. The summed E-state index contributed by atoms with van der Waals surface area (Å²) in [6, 6.07) is 11.1. The highest BCUT2D eigenvalue weighted by Gasteiger charge is 2.05. The van der Waals surface area contributed by atoms with E-state index in [2.05, 4.69) is 0 Å². The predicted molar refractivity (Wildman–Crippen MR) is 110 cm³/mol. The summed E-state index contributed by atoms with van der Waals surface area (Å²) in [5.41, 5.74) is 23.6. The molecule has 0 aliphatic carbocycles. The summed E-state index contributed by atoms with van der Waals surface area (Å²) in [5, 5.41) is 0. The van der Waals surface area contributed by atoms with E-state index in [1.165, 1.54) is 0 Å². The molecule has 0 radical (unpaired) electrons. The Labute approximate surface area is 166 Å². The van der Waals surface area contributed by atoms with Crippen LogP contribution in [0.5, 0.6) is 23.0 Å². The summed E-state index contributed by atoms with van der Waals surface area (Å²) in [5.74, 6) is 2.83. The quantitative estimate of drug-likeness (QED) is 0.500. The minimum Gasteiger partial charge on any atom is -0.478 e. The van der Waals surface area contributed by atoms with Crippen LogP contribution in [0.3, 0.4) is 0 Å². The van der Waals surface area contributed by atoms with Gasteiger partial charge in [-0.15, -0.1) is 0 Å². The van der Waals surface area contributed by atoms with Gasteiger partial charge in [0.15, 0.2) is 0 Å². The second kappa shape index (κ2) is 12.0. The first kappa shape index (κ1) is 23.5. The van der Waals surface area contributed by atoms with Gasteiger partial charge in [0.1, 0.15) is 48.9 Å². The van der Waals surface area contributed by atoms with Gasteiger partial charge < -0.3 is 18.9 Å². The molecule has 2 aromatic rings. The maximum Gasteiger partial charge on any atom is 0.144 e. The van der Waals surface area contributed by atoms with Crippen molar-refractivity contribution in [3.63, 3.8) is 0 Å². The van der Waals surface area contributed by atoms with E-state index in [-0.39, 0.29) is 25.9 Å². The van der Waals surface area contributed by atoms with Gasteiger partial charge in [-0.3, -0.25) is 22.9 Å². The Hall–Kier alpha value is -2.52. The predicted octanol–water partition coefficient (Wildman–Crippen LogP) is 1.95. The minimum absolute atomic E-state index is 0.158. The lowest BCUT2D eigenvalue weighted by atomic mass is 10.2. The molecule has 156 valence electrons. The summed E-state index contributed by atoms with van der Waals surface area (Å²) < 4.78 is 21.1. The smallest absolute Gasteiger partial charge is 0.144 e. The van der Waals surface area contributed by atoms with Crippen molar-refractivity contribution in [1.29, 1.82) is 0 Å². The molecule has 8 N–H and O–H groups in total. The molecule has 0 saturated carbocycles. The zero-order valence-corrected chi connectivity index (χ0v) is 17.0. The topological polar surface area (TPSA) is 141 Å². The lowest BCUT2D eigenvalue weighted by Gasteiger charge is -2.15. The Balaban J connectivity index is 0.000000283. The van der Waals surface area contributed by atoms with Crippen LogP contribution in [0, 0.1) is 13.8 Å². The molecule has 28 heavy (non-hydrogen) atoms. The molecule has 0 aliphatic rings. The van der Waals surface area contributed by atoms with Crippen LogP contribution >= 0.6 is 0 Å². The van der Waals surface area contributed by atoms with Gasteiger partial charge in [0.05, 0.1) is 0 Å². The monoisotopic (exact) mass is 392 g/mol. The van der Waals surface area contributed by atoms with Crippen molar-refractivity contribution in [1.82, 2.24) is 0 Å². The van der Waals surface area contributed by atoms with E-state index in [9.17, 15) is 0 Å². The van der Waals surface area contributed by atoms with E-state index in [4.69, 9.17) is 41.9 Å². The van der Waals surface area contributed by atoms with Crippen molar-refractivity contribution in [2.75, 3.05) is 13.5 Å².